The SMILES string of the molecule is CCCCN(CC(CC)CN)C1CC1. The minimum absolute atomic E-state index is 0.715. The molecule has 0 aromatic carbocycles. The predicted molar refractivity (Wildman–Crippen MR) is 62.3 cm³/mol. The summed E-state index contributed by atoms with van der Waals surface area (Å²) in [5.74, 6) is 0.715. The van der Waals surface area contributed by atoms with Gasteiger partial charge in [0.15, 0.2) is 0 Å². The lowest BCUT2D eigenvalue weighted by Gasteiger charge is -2.26. The summed E-state index contributed by atoms with van der Waals surface area (Å²) in [4.78, 5) is 2.67. The normalized spacial score (nSPS) is 18.9. The number of hydrogen-bond acceptors (Lipinski definition) is 2. The van der Waals surface area contributed by atoms with Crippen molar-refractivity contribution < 1.29 is 0 Å². The second-order valence-electron chi connectivity index (χ2n) is 4.59. The molecule has 0 aromatic heterocycles. The topological polar surface area (TPSA) is 29.3 Å². The fourth-order valence-electron chi connectivity index (χ4n) is 1.93. The first kappa shape index (κ1) is 12.0. The summed E-state index contributed by atoms with van der Waals surface area (Å²) in [5.41, 5.74) is 5.75. The second-order valence-corrected chi connectivity index (χ2v) is 4.59. The van der Waals surface area contributed by atoms with Gasteiger partial charge >= 0.3 is 0 Å². The molecular formula is C12H26N2. The van der Waals surface area contributed by atoms with Crippen LogP contribution in [0.4, 0.5) is 0 Å². The quantitative estimate of drug-likeness (QED) is 0.648. The Balaban J connectivity index is 2.26. The van der Waals surface area contributed by atoms with Crippen molar-refractivity contribution in [3.8, 4) is 0 Å². The average Bonchev–Trinajstić information content (AvgIpc) is 3.02. The van der Waals surface area contributed by atoms with E-state index in [1.807, 2.05) is 0 Å². The Morgan fingerprint density at radius 1 is 1.36 bits per heavy atom. The monoisotopic (exact) mass is 198 g/mol. The maximum atomic E-state index is 5.75. The van der Waals surface area contributed by atoms with Crippen LogP contribution in [0.2, 0.25) is 0 Å². The maximum Gasteiger partial charge on any atom is 0.00965 e. The fourth-order valence-corrected chi connectivity index (χ4v) is 1.93. The van der Waals surface area contributed by atoms with Gasteiger partial charge in [-0.15, -0.1) is 0 Å². The van der Waals surface area contributed by atoms with Gasteiger partial charge in [-0.25, -0.2) is 0 Å². The standard InChI is InChI=1S/C12H26N2/c1-3-5-8-14(12-6-7-12)10-11(4-2)9-13/h11-12H,3-10,13H2,1-2H3. The van der Waals surface area contributed by atoms with Gasteiger partial charge in [0.1, 0.15) is 0 Å². The molecule has 1 unspecified atom stereocenters. The molecule has 1 fully saturated rings. The minimum atomic E-state index is 0.715. The van der Waals surface area contributed by atoms with Gasteiger partial charge in [0.2, 0.25) is 0 Å². The molecule has 1 aliphatic rings. The van der Waals surface area contributed by atoms with E-state index in [1.54, 1.807) is 0 Å². The molecular weight excluding hydrogens is 172 g/mol. The summed E-state index contributed by atoms with van der Waals surface area (Å²) in [6.07, 6.45) is 6.72. The Morgan fingerprint density at radius 3 is 2.50 bits per heavy atom. The lowest BCUT2D eigenvalue weighted by atomic mass is 10.1. The van der Waals surface area contributed by atoms with E-state index in [0.717, 1.165) is 12.6 Å². The number of unbranched alkanes of at least 4 members (excludes halogenated alkanes) is 1. The van der Waals surface area contributed by atoms with Crippen molar-refractivity contribution in [2.45, 2.75) is 52.0 Å². The fraction of sp³-hybridized carbons (Fsp3) is 1.00. The molecule has 0 aliphatic heterocycles. The second kappa shape index (κ2) is 6.41. The van der Waals surface area contributed by atoms with Crippen LogP contribution in [0.3, 0.4) is 0 Å². The summed E-state index contributed by atoms with van der Waals surface area (Å²) in [7, 11) is 0. The lowest BCUT2D eigenvalue weighted by molar-refractivity contribution is 0.217. The number of rotatable bonds is 8. The van der Waals surface area contributed by atoms with E-state index in [-0.39, 0.29) is 0 Å². The van der Waals surface area contributed by atoms with Crippen LogP contribution in [0.1, 0.15) is 46.0 Å². The zero-order chi connectivity index (χ0) is 10.4. The highest BCUT2D eigenvalue weighted by molar-refractivity contribution is 4.85. The Hall–Kier alpha value is -0.0800. The molecule has 1 aliphatic carbocycles. The van der Waals surface area contributed by atoms with Crippen LogP contribution in [0, 0.1) is 5.92 Å². The van der Waals surface area contributed by atoms with E-state index in [1.165, 1.54) is 45.2 Å². The first-order valence-corrected chi connectivity index (χ1v) is 6.25. The van der Waals surface area contributed by atoms with E-state index in [2.05, 4.69) is 18.7 Å². The zero-order valence-corrected chi connectivity index (χ0v) is 9.84. The van der Waals surface area contributed by atoms with Crippen LogP contribution in [-0.2, 0) is 0 Å². The maximum absolute atomic E-state index is 5.75. The van der Waals surface area contributed by atoms with Crippen molar-refractivity contribution in [1.82, 2.24) is 4.90 Å². The van der Waals surface area contributed by atoms with Crippen LogP contribution in [0.5, 0.6) is 0 Å². The van der Waals surface area contributed by atoms with Crippen molar-refractivity contribution in [3.05, 3.63) is 0 Å². The van der Waals surface area contributed by atoms with Gasteiger partial charge in [-0.3, -0.25) is 0 Å². The molecule has 0 spiro atoms. The van der Waals surface area contributed by atoms with Crippen LogP contribution in [0.15, 0.2) is 0 Å². The molecule has 84 valence electrons. The third-order valence-electron chi connectivity index (χ3n) is 3.27. The minimum Gasteiger partial charge on any atom is -0.330 e. The summed E-state index contributed by atoms with van der Waals surface area (Å²) >= 11 is 0. The first-order valence-electron chi connectivity index (χ1n) is 6.25. The molecule has 1 rings (SSSR count). The molecule has 0 aromatic rings. The third kappa shape index (κ3) is 3.97. The summed E-state index contributed by atoms with van der Waals surface area (Å²) < 4.78 is 0. The molecule has 0 heterocycles. The highest BCUT2D eigenvalue weighted by Gasteiger charge is 2.29. The lowest BCUT2D eigenvalue weighted by Crippen LogP contribution is -2.35. The summed E-state index contributed by atoms with van der Waals surface area (Å²) in [5, 5.41) is 0. The Morgan fingerprint density at radius 2 is 2.07 bits per heavy atom. The van der Waals surface area contributed by atoms with E-state index in [0.29, 0.717) is 5.92 Å². The van der Waals surface area contributed by atoms with Gasteiger partial charge in [-0.1, -0.05) is 26.7 Å². The first-order chi connectivity index (χ1) is 6.81. The Labute approximate surface area is 88.8 Å². The summed E-state index contributed by atoms with van der Waals surface area (Å²) in [6, 6.07) is 0.905. The van der Waals surface area contributed by atoms with E-state index >= 15 is 0 Å². The van der Waals surface area contributed by atoms with Gasteiger partial charge in [0.25, 0.3) is 0 Å². The van der Waals surface area contributed by atoms with Crippen LogP contribution in [-0.4, -0.2) is 30.6 Å². The molecule has 1 atom stereocenters. The Bertz CT molecular complexity index is 139. The molecule has 2 heteroatoms. The number of hydrogen-bond donors (Lipinski definition) is 1. The largest absolute Gasteiger partial charge is 0.330 e. The van der Waals surface area contributed by atoms with Gasteiger partial charge in [-0.2, -0.15) is 0 Å². The van der Waals surface area contributed by atoms with Gasteiger partial charge in [-0.05, 0) is 38.3 Å². The molecule has 1 saturated carbocycles. The van der Waals surface area contributed by atoms with Gasteiger partial charge < -0.3 is 10.6 Å². The Kier molecular flexibility index (Phi) is 5.49. The number of nitrogens with two attached hydrogens (primary N) is 1. The third-order valence-corrected chi connectivity index (χ3v) is 3.27. The van der Waals surface area contributed by atoms with Crippen LogP contribution in [0.25, 0.3) is 0 Å². The molecule has 2 N–H and O–H groups in total. The van der Waals surface area contributed by atoms with Crippen LogP contribution >= 0.6 is 0 Å². The summed E-state index contributed by atoms with van der Waals surface area (Å²) in [6.45, 7) is 7.90. The average molecular weight is 198 g/mol. The molecule has 0 bridgehead atoms. The molecule has 0 amide bonds. The van der Waals surface area contributed by atoms with Crippen LogP contribution < -0.4 is 5.73 Å². The van der Waals surface area contributed by atoms with Crippen molar-refractivity contribution >= 4 is 0 Å². The number of nitrogens with zero attached hydrogens (tertiary/aromatic N) is 1. The highest BCUT2D eigenvalue weighted by Crippen LogP contribution is 2.28. The molecule has 2 nitrogen and oxygen atoms in total. The molecule has 0 saturated heterocycles. The zero-order valence-electron chi connectivity index (χ0n) is 9.84. The predicted octanol–water partition coefficient (Wildman–Crippen LogP) is 2.24. The molecule has 0 radical (unpaired) electrons. The van der Waals surface area contributed by atoms with E-state index < -0.39 is 0 Å². The highest BCUT2D eigenvalue weighted by atomic mass is 15.2. The molecule has 14 heavy (non-hydrogen) atoms. The van der Waals surface area contributed by atoms with Gasteiger partial charge in [0, 0.05) is 12.6 Å². The van der Waals surface area contributed by atoms with Crippen molar-refractivity contribution in [2.24, 2.45) is 11.7 Å². The van der Waals surface area contributed by atoms with Crippen molar-refractivity contribution in [3.63, 3.8) is 0 Å². The van der Waals surface area contributed by atoms with Gasteiger partial charge in [0.05, 0.1) is 0 Å². The van der Waals surface area contributed by atoms with E-state index in [4.69, 9.17) is 5.73 Å². The van der Waals surface area contributed by atoms with E-state index in [9.17, 15) is 0 Å². The smallest absolute Gasteiger partial charge is 0.00965 e. The van der Waals surface area contributed by atoms with Crippen molar-refractivity contribution in [1.29, 1.82) is 0 Å². The van der Waals surface area contributed by atoms with Crippen molar-refractivity contribution in [2.75, 3.05) is 19.6 Å².